The van der Waals surface area contributed by atoms with Crippen LogP contribution in [0.4, 0.5) is 4.79 Å². The van der Waals surface area contributed by atoms with Crippen LogP contribution in [-0.4, -0.2) is 23.0 Å². The minimum Gasteiger partial charge on any atom is -0.481 e. The standard InChI is InChI=1S/C15H20N2O4/c1-10(8-14(19)20)7-13(18)17-15(21)16-9-12-6-4-3-5-11(12)2/h3-6,10H,7-9H2,1-2H3,(H,19,20)(H2,16,17,18,21). The summed E-state index contributed by atoms with van der Waals surface area (Å²) in [4.78, 5) is 33.6. The predicted molar refractivity (Wildman–Crippen MR) is 77.6 cm³/mol. The van der Waals surface area contributed by atoms with Crippen molar-refractivity contribution in [1.82, 2.24) is 10.6 Å². The number of carboxylic acid groups (broad SMARTS) is 1. The molecular weight excluding hydrogens is 272 g/mol. The van der Waals surface area contributed by atoms with Crippen LogP contribution in [0.3, 0.4) is 0 Å². The summed E-state index contributed by atoms with van der Waals surface area (Å²) in [6.45, 7) is 3.92. The Morgan fingerprint density at radius 2 is 1.86 bits per heavy atom. The Bertz CT molecular complexity index is 528. The molecule has 6 heteroatoms. The van der Waals surface area contributed by atoms with Gasteiger partial charge in [-0.2, -0.15) is 0 Å². The number of aliphatic carboxylic acids is 1. The third kappa shape index (κ3) is 6.56. The number of carboxylic acids is 1. The summed E-state index contributed by atoms with van der Waals surface area (Å²) in [7, 11) is 0. The van der Waals surface area contributed by atoms with Crippen molar-refractivity contribution in [3.63, 3.8) is 0 Å². The van der Waals surface area contributed by atoms with Crippen molar-refractivity contribution < 1.29 is 19.5 Å². The summed E-state index contributed by atoms with van der Waals surface area (Å²) < 4.78 is 0. The largest absolute Gasteiger partial charge is 0.481 e. The van der Waals surface area contributed by atoms with Crippen LogP contribution in [0.5, 0.6) is 0 Å². The molecule has 0 saturated heterocycles. The zero-order valence-electron chi connectivity index (χ0n) is 12.2. The van der Waals surface area contributed by atoms with E-state index in [4.69, 9.17) is 5.11 Å². The molecule has 1 rings (SSSR count). The van der Waals surface area contributed by atoms with Gasteiger partial charge in [-0.1, -0.05) is 31.2 Å². The number of imide groups is 1. The van der Waals surface area contributed by atoms with Crippen molar-refractivity contribution >= 4 is 17.9 Å². The number of nitrogens with one attached hydrogen (secondary N) is 2. The molecule has 1 aromatic carbocycles. The van der Waals surface area contributed by atoms with Gasteiger partial charge in [0.15, 0.2) is 0 Å². The van der Waals surface area contributed by atoms with Gasteiger partial charge in [0.1, 0.15) is 0 Å². The number of urea groups is 1. The van der Waals surface area contributed by atoms with Gasteiger partial charge in [0.2, 0.25) is 5.91 Å². The lowest BCUT2D eigenvalue weighted by Crippen LogP contribution is -2.39. The number of carbonyl (C=O) groups excluding carboxylic acids is 2. The molecule has 114 valence electrons. The lowest BCUT2D eigenvalue weighted by atomic mass is 10.0. The molecule has 0 heterocycles. The normalized spacial score (nSPS) is 11.5. The zero-order valence-corrected chi connectivity index (χ0v) is 12.2. The molecule has 0 aromatic heterocycles. The van der Waals surface area contributed by atoms with Crippen LogP contribution in [-0.2, 0) is 16.1 Å². The van der Waals surface area contributed by atoms with E-state index < -0.39 is 17.9 Å². The molecule has 6 nitrogen and oxygen atoms in total. The van der Waals surface area contributed by atoms with Gasteiger partial charge < -0.3 is 10.4 Å². The van der Waals surface area contributed by atoms with E-state index in [0.29, 0.717) is 6.54 Å². The van der Waals surface area contributed by atoms with Gasteiger partial charge in [0.25, 0.3) is 0 Å². The number of rotatable bonds is 6. The smallest absolute Gasteiger partial charge is 0.321 e. The number of hydrogen-bond donors (Lipinski definition) is 3. The number of aryl methyl sites for hydroxylation is 1. The molecule has 0 radical (unpaired) electrons. The van der Waals surface area contributed by atoms with Crippen LogP contribution in [0.25, 0.3) is 0 Å². The number of amides is 3. The van der Waals surface area contributed by atoms with Crippen LogP contribution >= 0.6 is 0 Å². The number of benzene rings is 1. The summed E-state index contributed by atoms with van der Waals surface area (Å²) in [5.74, 6) is -1.75. The van der Waals surface area contributed by atoms with E-state index in [0.717, 1.165) is 11.1 Å². The molecule has 1 atom stereocenters. The summed E-state index contributed by atoms with van der Waals surface area (Å²) in [6.07, 6.45) is -0.0949. The van der Waals surface area contributed by atoms with Crippen molar-refractivity contribution in [2.75, 3.05) is 0 Å². The fourth-order valence-electron chi connectivity index (χ4n) is 1.89. The van der Waals surface area contributed by atoms with Crippen LogP contribution in [0.2, 0.25) is 0 Å². The van der Waals surface area contributed by atoms with E-state index in [9.17, 15) is 14.4 Å². The van der Waals surface area contributed by atoms with E-state index in [1.165, 1.54) is 0 Å². The quantitative estimate of drug-likeness (QED) is 0.745. The molecule has 0 saturated carbocycles. The highest BCUT2D eigenvalue weighted by Crippen LogP contribution is 2.07. The SMILES string of the molecule is Cc1ccccc1CNC(=O)NC(=O)CC(C)CC(=O)O. The lowest BCUT2D eigenvalue weighted by molar-refractivity contribution is -0.138. The van der Waals surface area contributed by atoms with Crippen LogP contribution in [0.15, 0.2) is 24.3 Å². The Morgan fingerprint density at radius 1 is 1.19 bits per heavy atom. The van der Waals surface area contributed by atoms with Gasteiger partial charge in [-0.25, -0.2) is 4.79 Å². The first-order valence-corrected chi connectivity index (χ1v) is 6.72. The van der Waals surface area contributed by atoms with Gasteiger partial charge in [-0.15, -0.1) is 0 Å². The molecule has 1 unspecified atom stereocenters. The van der Waals surface area contributed by atoms with E-state index in [1.54, 1.807) is 6.92 Å². The molecule has 0 fully saturated rings. The van der Waals surface area contributed by atoms with E-state index in [1.807, 2.05) is 31.2 Å². The first-order valence-electron chi connectivity index (χ1n) is 6.72. The maximum absolute atomic E-state index is 11.6. The van der Waals surface area contributed by atoms with E-state index in [2.05, 4.69) is 10.6 Å². The molecule has 21 heavy (non-hydrogen) atoms. The average Bonchev–Trinajstić information content (AvgIpc) is 2.36. The summed E-state index contributed by atoms with van der Waals surface area (Å²) in [6, 6.07) is 7.04. The maximum Gasteiger partial charge on any atom is 0.321 e. The van der Waals surface area contributed by atoms with Gasteiger partial charge in [-0.3, -0.25) is 14.9 Å². The fraction of sp³-hybridized carbons (Fsp3) is 0.400. The zero-order chi connectivity index (χ0) is 15.8. The van der Waals surface area contributed by atoms with Gasteiger partial charge >= 0.3 is 12.0 Å². The third-order valence-electron chi connectivity index (χ3n) is 3.01. The highest BCUT2D eigenvalue weighted by Gasteiger charge is 2.14. The van der Waals surface area contributed by atoms with Gasteiger partial charge in [0, 0.05) is 19.4 Å². The molecule has 1 aromatic rings. The molecule has 3 N–H and O–H groups in total. The average molecular weight is 292 g/mol. The van der Waals surface area contributed by atoms with E-state index >= 15 is 0 Å². The maximum atomic E-state index is 11.6. The monoisotopic (exact) mass is 292 g/mol. The molecule has 0 aliphatic rings. The van der Waals surface area contributed by atoms with Crippen LogP contribution in [0, 0.1) is 12.8 Å². The Kier molecular flexibility index (Phi) is 6.39. The Morgan fingerprint density at radius 3 is 2.48 bits per heavy atom. The molecule has 0 aliphatic carbocycles. The Hall–Kier alpha value is -2.37. The molecule has 0 aliphatic heterocycles. The minimum absolute atomic E-state index is 0.00405. The minimum atomic E-state index is -0.959. The van der Waals surface area contributed by atoms with Crippen molar-refractivity contribution in [1.29, 1.82) is 0 Å². The highest BCUT2D eigenvalue weighted by atomic mass is 16.4. The van der Waals surface area contributed by atoms with Crippen molar-refractivity contribution in [3.8, 4) is 0 Å². The summed E-state index contributed by atoms with van der Waals surface area (Å²) in [5, 5.41) is 13.4. The topological polar surface area (TPSA) is 95.5 Å². The van der Waals surface area contributed by atoms with E-state index in [-0.39, 0.29) is 18.8 Å². The second-order valence-corrected chi connectivity index (χ2v) is 5.06. The Labute approximate surface area is 123 Å². The number of carbonyl (C=O) groups is 3. The van der Waals surface area contributed by atoms with Gasteiger partial charge in [0.05, 0.1) is 0 Å². The predicted octanol–water partition coefficient (Wildman–Crippen LogP) is 1.82. The lowest BCUT2D eigenvalue weighted by Gasteiger charge is -2.10. The molecule has 0 spiro atoms. The van der Waals surface area contributed by atoms with Crippen molar-refractivity contribution in [2.24, 2.45) is 5.92 Å². The van der Waals surface area contributed by atoms with Crippen molar-refractivity contribution in [3.05, 3.63) is 35.4 Å². The van der Waals surface area contributed by atoms with Gasteiger partial charge in [-0.05, 0) is 24.0 Å². The first kappa shape index (κ1) is 16.7. The third-order valence-corrected chi connectivity index (χ3v) is 3.01. The first-order chi connectivity index (χ1) is 9.88. The van der Waals surface area contributed by atoms with Crippen LogP contribution in [0.1, 0.15) is 30.9 Å². The fourth-order valence-corrected chi connectivity index (χ4v) is 1.89. The highest BCUT2D eigenvalue weighted by molar-refractivity contribution is 5.94. The van der Waals surface area contributed by atoms with Crippen molar-refractivity contribution in [2.45, 2.75) is 33.2 Å². The second kappa shape index (κ2) is 8.04. The summed E-state index contributed by atoms with van der Waals surface area (Å²) >= 11 is 0. The molecule has 0 bridgehead atoms. The van der Waals surface area contributed by atoms with Crippen LogP contribution < -0.4 is 10.6 Å². The Balaban J connectivity index is 2.35. The number of hydrogen-bond acceptors (Lipinski definition) is 3. The molecular formula is C15H20N2O4. The summed E-state index contributed by atoms with van der Waals surface area (Å²) in [5.41, 5.74) is 2.03. The molecule has 3 amide bonds. The second-order valence-electron chi connectivity index (χ2n) is 5.06.